The maximum Gasteiger partial charge on any atom is 0.267 e. The molecular formula is C28H26N6O3. The van der Waals surface area contributed by atoms with E-state index in [1.54, 1.807) is 30.5 Å². The van der Waals surface area contributed by atoms with Crippen LogP contribution < -0.4 is 15.8 Å². The first kappa shape index (κ1) is 24.0. The van der Waals surface area contributed by atoms with E-state index in [1.165, 1.54) is 22.3 Å². The lowest BCUT2D eigenvalue weighted by atomic mass is 10.1. The molecule has 0 saturated carbocycles. The van der Waals surface area contributed by atoms with Crippen molar-refractivity contribution in [1.29, 1.82) is 5.26 Å². The molecule has 1 aliphatic rings. The Labute approximate surface area is 213 Å². The molecule has 1 fully saturated rings. The number of benzene rings is 1. The van der Waals surface area contributed by atoms with Crippen LogP contribution in [-0.2, 0) is 17.9 Å². The summed E-state index contributed by atoms with van der Waals surface area (Å²) in [5.74, 6) is 0.448. The van der Waals surface area contributed by atoms with Crippen LogP contribution in [0.25, 0.3) is 11.7 Å². The molecule has 0 bridgehead atoms. The van der Waals surface area contributed by atoms with Crippen molar-refractivity contribution >= 4 is 23.4 Å². The average Bonchev–Trinajstić information content (AvgIpc) is 3.46. The Kier molecular flexibility index (Phi) is 7.10. The van der Waals surface area contributed by atoms with E-state index in [0.29, 0.717) is 30.3 Å². The number of anilines is 1. The zero-order valence-corrected chi connectivity index (χ0v) is 20.2. The van der Waals surface area contributed by atoms with E-state index < -0.39 is 5.91 Å². The first-order valence-corrected chi connectivity index (χ1v) is 12.1. The highest BCUT2D eigenvalue weighted by Crippen LogP contribution is 2.21. The fourth-order valence-electron chi connectivity index (χ4n) is 4.39. The number of piperazine rings is 1. The van der Waals surface area contributed by atoms with Gasteiger partial charge in [0.25, 0.3) is 11.5 Å². The van der Waals surface area contributed by atoms with Gasteiger partial charge in [-0.3, -0.25) is 18.9 Å². The summed E-state index contributed by atoms with van der Waals surface area (Å²) in [6.45, 7) is 3.90. The van der Waals surface area contributed by atoms with Crippen molar-refractivity contribution in [3.8, 4) is 6.07 Å². The Bertz CT molecular complexity index is 1510. The van der Waals surface area contributed by atoms with Gasteiger partial charge in [-0.2, -0.15) is 5.26 Å². The second kappa shape index (κ2) is 10.9. The molecule has 1 amide bonds. The van der Waals surface area contributed by atoms with Gasteiger partial charge in [0.2, 0.25) is 0 Å². The van der Waals surface area contributed by atoms with Crippen LogP contribution in [0.5, 0.6) is 0 Å². The van der Waals surface area contributed by atoms with Crippen LogP contribution in [0.15, 0.2) is 87.9 Å². The number of aromatic nitrogens is 2. The number of hydrogen-bond donors (Lipinski definition) is 1. The lowest BCUT2D eigenvalue weighted by Gasteiger charge is -2.36. The fourth-order valence-corrected chi connectivity index (χ4v) is 4.39. The van der Waals surface area contributed by atoms with Gasteiger partial charge < -0.3 is 14.6 Å². The Balaban J connectivity index is 1.43. The Morgan fingerprint density at radius 1 is 1.05 bits per heavy atom. The summed E-state index contributed by atoms with van der Waals surface area (Å²) in [6.07, 6.45) is 4.49. The van der Waals surface area contributed by atoms with Crippen molar-refractivity contribution in [2.24, 2.45) is 0 Å². The van der Waals surface area contributed by atoms with Gasteiger partial charge in [-0.1, -0.05) is 36.4 Å². The van der Waals surface area contributed by atoms with Gasteiger partial charge in [0.1, 0.15) is 28.9 Å². The summed E-state index contributed by atoms with van der Waals surface area (Å²) >= 11 is 0. The molecule has 4 heterocycles. The topological polar surface area (TPSA) is 107 Å². The van der Waals surface area contributed by atoms with Gasteiger partial charge in [-0.25, -0.2) is 4.98 Å². The highest BCUT2D eigenvalue weighted by Gasteiger charge is 2.23. The third-order valence-corrected chi connectivity index (χ3v) is 6.33. The highest BCUT2D eigenvalue weighted by molar-refractivity contribution is 6.02. The summed E-state index contributed by atoms with van der Waals surface area (Å²) in [7, 11) is 0. The van der Waals surface area contributed by atoms with Gasteiger partial charge in [-0.05, 0) is 35.9 Å². The second-order valence-corrected chi connectivity index (χ2v) is 8.76. The fraction of sp³-hybridized carbons (Fsp3) is 0.214. The number of fused-ring (bicyclic) bond motifs is 1. The molecule has 4 aromatic rings. The van der Waals surface area contributed by atoms with Crippen LogP contribution in [-0.4, -0.2) is 46.4 Å². The number of pyridine rings is 1. The first-order chi connectivity index (χ1) is 18.1. The maximum atomic E-state index is 13.5. The summed E-state index contributed by atoms with van der Waals surface area (Å²) in [5, 5.41) is 12.4. The standard InChI is InChI=1S/C28H26N6O3/c29-18-22(27(35)30-19-23-9-6-16-37-23)17-24-26(31-25-10-4-5-11-34(25)28(24)36)33-14-12-32(13-15-33)20-21-7-2-1-3-8-21/h1-11,16-17H,12-15,19-20H2,(H,30,35). The third kappa shape index (κ3) is 5.44. The molecule has 1 saturated heterocycles. The molecule has 0 atom stereocenters. The monoisotopic (exact) mass is 494 g/mol. The molecule has 5 rings (SSSR count). The smallest absolute Gasteiger partial charge is 0.267 e. The number of hydrogen-bond acceptors (Lipinski definition) is 7. The number of nitriles is 1. The largest absolute Gasteiger partial charge is 0.467 e. The number of nitrogens with zero attached hydrogens (tertiary/aromatic N) is 5. The van der Waals surface area contributed by atoms with Crippen LogP contribution in [0.1, 0.15) is 16.9 Å². The van der Waals surface area contributed by atoms with Crippen molar-refractivity contribution in [1.82, 2.24) is 19.6 Å². The number of amides is 1. The van der Waals surface area contributed by atoms with Crippen molar-refractivity contribution in [3.05, 3.63) is 106 Å². The van der Waals surface area contributed by atoms with Crippen molar-refractivity contribution in [2.75, 3.05) is 31.1 Å². The van der Waals surface area contributed by atoms with Crippen molar-refractivity contribution in [3.63, 3.8) is 0 Å². The van der Waals surface area contributed by atoms with Crippen LogP contribution in [0.4, 0.5) is 5.82 Å². The van der Waals surface area contributed by atoms with Crippen molar-refractivity contribution in [2.45, 2.75) is 13.1 Å². The Hall–Kier alpha value is -4.68. The molecule has 9 heteroatoms. The molecule has 0 unspecified atom stereocenters. The summed E-state index contributed by atoms with van der Waals surface area (Å²) in [4.78, 5) is 35.4. The first-order valence-electron chi connectivity index (χ1n) is 12.1. The van der Waals surface area contributed by atoms with Gasteiger partial charge in [0.15, 0.2) is 0 Å². The second-order valence-electron chi connectivity index (χ2n) is 8.76. The van der Waals surface area contributed by atoms with E-state index in [0.717, 1.165) is 19.6 Å². The number of furan rings is 1. The lowest BCUT2D eigenvalue weighted by molar-refractivity contribution is -0.117. The van der Waals surface area contributed by atoms with E-state index in [1.807, 2.05) is 30.3 Å². The van der Waals surface area contributed by atoms with Gasteiger partial charge in [0, 0.05) is 38.9 Å². The van der Waals surface area contributed by atoms with Crippen LogP contribution in [0, 0.1) is 11.3 Å². The van der Waals surface area contributed by atoms with Gasteiger partial charge >= 0.3 is 0 Å². The van der Waals surface area contributed by atoms with E-state index >= 15 is 0 Å². The Morgan fingerprint density at radius 2 is 1.84 bits per heavy atom. The minimum atomic E-state index is -0.588. The molecule has 1 N–H and O–H groups in total. The normalized spacial score (nSPS) is 14.5. The number of nitrogens with one attached hydrogen (secondary N) is 1. The molecule has 0 aliphatic carbocycles. The van der Waals surface area contributed by atoms with E-state index in [2.05, 4.69) is 27.2 Å². The predicted octanol–water partition coefficient (Wildman–Crippen LogP) is 2.83. The third-order valence-electron chi connectivity index (χ3n) is 6.33. The SMILES string of the molecule is N#CC(=Cc1c(N2CCN(Cc3ccccc3)CC2)nc2ccccn2c1=O)C(=O)NCc1ccco1. The average molecular weight is 495 g/mol. The van der Waals surface area contributed by atoms with Crippen LogP contribution >= 0.6 is 0 Å². The number of rotatable bonds is 7. The molecule has 186 valence electrons. The van der Waals surface area contributed by atoms with Gasteiger partial charge in [0.05, 0.1) is 18.4 Å². The molecule has 3 aromatic heterocycles. The van der Waals surface area contributed by atoms with E-state index in [4.69, 9.17) is 9.40 Å². The summed E-state index contributed by atoms with van der Waals surface area (Å²) in [6, 6.07) is 21.0. The Morgan fingerprint density at radius 3 is 2.57 bits per heavy atom. The minimum absolute atomic E-state index is 0.135. The lowest BCUT2D eigenvalue weighted by Crippen LogP contribution is -2.47. The number of carbonyl (C=O) groups excluding carboxylic acids is 1. The molecular weight excluding hydrogens is 468 g/mol. The maximum absolute atomic E-state index is 13.5. The molecule has 9 nitrogen and oxygen atoms in total. The van der Waals surface area contributed by atoms with Gasteiger partial charge in [-0.15, -0.1) is 0 Å². The number of carbonyl (C=O) groups is 1. The van der Waals surface area contributed by atoms with Crippen LogP contribution in [0.2, 0.25) is 0 Å². The highest BCUT2D eigenvalue weighted by atomic mass is 16.3. The molecule has 0 spiro atoms. The summed E-state index contributed by atoms with van der Waals surface area (Å²) in [5.41, 5.74) is 1.46. The predicted molar refractivity (Wildman–Crippen MR) is 140 cm³/mol. The molecule has 0 radical (unpaired) electrons. The molecule has 37 heavy (non-hydrogen) atoms. The minimum Gasteiger partial charge on any atom is -0.467 e. The van der Waals surface area contributed by atoms with Crippen LogP contribution in [0.3, 0.4) is 0 Å². The molecule has 1 aromatic carbocycles. The zero-order valence-electron chi connectivity index (χ0n) is 20.2. The molecule has 1 aliphatic heterocycles. The quantitative estimate of drug-likeness (QED) is 0.311. The van der Waals surface area contributed by atoms with E-state index in [9.17, 15) is 14.9 Å². The van der Waals surface area contributed by atoms with E-state index in [-0.39, 0.29) is 23.2 Å². The summed E-state index contributed by atoms with van der Waals surface area (Å²) < 4.78 is 6.66. The van der Waals surface area contributed by atoms with Crippen molar-refractivity contribution < 1.29 is 9.21 Å². The zero-order chi connectivity index (χ0) is 25.6.